The minimum absolute atomic E-state index is 0. The molecule has 2 fully saturated rings. The Morgan fingerprint density at radius 2 is 2.07 bits per heavy atom. The van der Waals surface area contributed by atoms with Crippen molar-refractivity contribution in [1.29, 1.82) is 0 Å². The van der Waals surface area contributed by atoms with Gasteiger partial charge in [0.05, 0.1) is 19.7 Å². The van der Waals surface area contributed by atoms with Crippen LogP contribution in [0, 0.1) is 12.8 Å². The van der Waals surface area contributed by atoms with Crippen LogP contribution in [0.15, 0.2) is 29.3 Å². The van der Waals surface area contributed by atoms with Crippen molar-refractivity contribution in [3.8, 4) is 0 Å². The SMILES string of the molecule is CCNC(=NCC(C1CC1)N(C)C)N1CCOC(c2ccccc2C)C1.I. The Labute approximate surface area is 181 Å². The van der Waals surface area contributed by atoms with E-state index in [2.05, 4.69) is 67.3 Å². The van der Waals surface area contributed by atoms with E-state index in [1.807, 2.05) is 0 Å². The summed E-state index contributed by atoms with van der Waals surface area (Å²) in [5.41, 5.74) is 2.58. The monoisotopic (exact) mass is 486 g/mol. The van der Waals surface area contributed by atoms with Crippen molar-refractivity contribution in [3.63, 3.8) is 0 Å². The fraction of sp³-hybridized carbons (Fsp3) is 0.667. The lowest BCUT2D eigenvalue weighted by Crippen LogP contribution is -2.48. The molecule has 5 nitrogen and oxygen atoms in total. The third-order valence-electron chi connectivity index (χ3n) is 5.49. The van der Waals surface area contributed by atoms with Gasteiger partial charge in [-0.3, -0.25) is 4.99 Å². The van der Waals surface area contributed by atoms with Crippen molar-refractivity contribution >= 4 is 29.9 Å². The predicted octanol–water partition coefficient (Wildman–Crippen LogP) is 3.29. The molecule has 6 heteroatoms. The average Bonchev–Trinajstić information content (AvgIpc) is 3.46. The second-order valence-corrected chi connectivity index (χ2v) is 7.73. The summed E-state index contributed by atoms with van der Waals surface area (Å²) in [6.45, 7) is 8.54. The first kappa shape index (κ1) is 22.4. The van der Waals surface area contributed by atoms with Crippen LogP contribution in [0.4, 0.5) is 0 Å². The van der Waals surface area contributed by atoms with Crippen molar-refractivity contribution in [3.05, 3.63) is 35.4 Å². The van der Waals surface area contributed by atoms with Crippen LogP contribution >= 0.6 is 24.0 Å². The molecule has 1 aromatic carbocycles. The average molecular weight is 486 g/mol. The summed E-state index contributed by atoms with van der Waals surface area (Å²) in [6.07, 6.45) is 2.81. The van der Waals surface area contributed by atoms with Crippen LogP contribution in [0.5, 0.6) is 0 Å². The summed E-state index contributed by atoms with van der Waals surface area (Å²) < 4.78 is 6.08. The molecule has 0 bridgehead atoms. The first-order valence-electron chi connectivity index (χ1n) is 9.97. The first-order valence-corrected chi connectivity index (χ1v) is 9.97. The van der Waals surface area contributed by atoms with Gasteiger partial charge in [-0.05, 0) is 57.8 Å². The lowest BCUT2D eigenvalue weighted by Gasteiger charge is -2.36. The Balaban J connectivity index is 0.00000261. The molecule has 1 saturated heterocycles. The maximum absolute atomic E-state index is 6.08. The molecule has 2 atom stereocenters. The number of ether oxygens (including phenoxy) is 1. The Kier molecular flexibility index (Phi) is 8.82. The number of nitrogens with zero attached hydrogens (tertiary/aromatic N) is 3. The van der Waals surface area contributed by atoms with E-state index in [0.29, 0.717) is 6.04 Å². The van der Waals surface area contributed by atoms with E-state index < -0.39 is 0 Å². The molecule has 2 unspecified atom stereocenters. The van der Waals surface area contributed by atoms with E-state index in [4.69, 9.17) is 9.73 Å². The summed E-state index contributed by atoms with van der Waals surface area (Å²) in [6, 6.07) is 9.08. The molecular formula is C21H35IN4O. The minimum atomic E-state index is 0. The number of morpholine rings is 1. The van der Waals surface area contributed by atoms with Gasteiger partial charge in [0.1, 0.15) is 6.10 Å². The highest BCUT2D eigenvalue weighted by molar-refractivity contribution is 14.0. The lowest BCUT2D eigenvalue weighted by molar-refractivity contribution is -0.00836. The molecule has 0 aromatic heterocycles. The summed E-state index contributed by atoms with van der Waals surface area (Å²) in [5.74, 6) is 1.85. The van der Waals surface area contributed by atoms with Gasteiger partial charge >= 0.3 is 0 Å². The maximum atomic E-state index is 6.08. The van der Waals surface area contributed by atoms with E-state index in [0.717, 1.165) is 44.7 Å². The number of guanidine groups is 1. The predicted molar refractivity (Wildman–Crippen MR) is 123 cm³/mol. The summed E-state index contributed by atoms with van der Waals surface area (Å²) >= 11 is 0. The van der Waals surface area contributed by atoms with Gasteiger partial charge in [0.25, 0.3) is 0 Å². The highest BCUT2D eigenvalue weighted by atomic mass is 127. The normalized spacial score (nSPS) is 21.7. The fourth-order valence-electron chi connectivity index (χ4n) is 3.80. The standard InChI is InChI=1S/C21H34N4O.HI/c1-5-22-21(23-14-19(24(3)4)17-10-11-17)25-12-13-26-20(15-25)18-9-7-6-8-16(18)2;/h6-9,17,19-20H,5,10-15H2,1-4H3,(H,22,23);1H. The fourth-order valence-corrected chi connectivity index (χ4v) is 3.80. The van der Waals surface area contributed by atoms with Gasteiger partial charge in [-0.15, -0.1) is 24.0 Å². The molecule has 1 heterocycles. The number of hydrogen-bond acceptors (Lipinski definition) is 3. The molecule has 0 radical (unpaired) electrons. The molecule has 3 rings (SSSR count). The number of aliphatic imine (C=N–C) groups is 1. The largest absolute Gasteiger partial charge is 0.370 e. The Hall–Kier alpha value is -0.860. The molecule has 1 aromatic rings. The second kappa shape index (κ2) is 10.6. The number of aryl methyl sites for hydroxylation is 1. The lowest BCUT2D eigenvalue weighted by atomic mass is 10.0. The number of likely N-dealkylation sites (N-methyl/N-ethyl adjacent to an activating group) is 1. The molecule has 0 amide bonds. The highest BCUT2D eigenvalue weighted by Gasteiger charge is 2.33. The van der Waals surface area contributed by atoms with Gasteiger partial charge < -0.3 is 19.9 Å². The van der Waals surface area contributed by atoms with E-state index in [1.165, 1.54) is 24.0 Å². The summed E-state index contributed by atoms with van der Waals surface area (Å²) in [4.78, 5) is 9.70. The molecular weight excluding hydrogens is 451 g/mol. The van der Waals surface area contributed by atoms with E-state index in [1.54, 1.807) is 0 Å². The molecule has 1 N–H and O–H groups in total. The minimum Gasteiger partial charge on any atom is -0.370 e. The molecule has 152 valence electrons. The van der Waals surface area contributed by atoms with Crippen LogP contribution in [-0.4, -0.2) is 68.7 Å². The zero-order chi connectivity index (χ0) is 18.5. The zero-order valence-corrected chi connectivity index (χ0v) is 19.5. The van der Waals surface area contributed by atoms with Crippen LogP contribution in [0.3, 0.4) is 0 Å². The van der Waals surface area contributed by atoms with Crippen LogP contribution in [0.1, 0.15) is 37.0 Å². The quantitative estimate of drug-likeness (QED) is 0.381. The highest BCUT2D eigenvalue weighted by Crippen LogP contribution is 2.34. The molecule has 1 aliphatic heterocycles. The first-order chi connectivity index (χ1) is 12.6. The Morgan fingerprint density at radius 1 is 1.33 bits per heavy atom. The third kappa shape index (κ3) is 6.06. The number of benzene rings is 1. The van der Waals surface area contributed by atoms with Crippen molar-refractivity contribution in [1.82, 2.24) is 15.1 Å². The van der Waals surface area contributed by atoms with Crippen LogP contribution < -0.4 is 5.32 Å². The van der Waals surface area contributed by atoms with E-state index in [9.17, 15) is 0 Å². The number of rotatable bonds is 6. The number of halogens is 1. The Morgan fingerprint density at radius 3 is 2.70 bits per heavy atom. The number of hydrogen-bond donors (Lipinski definition) is 1. The molecule has 1 saturated carbocycles. The van der Waals surface area contributed by atoms with E-state index in [-0.39, 0.29) is 30.1 Å². The van der Waals surface area contributed by atoms with Crippen LogP contribution in [0.25, 0.3) is 0 Å². The Bertz CT molecular complexity index is 616. The zero-order valence-electron chi connectivity index (χ0n) is 17.1. The van der Waals surface area contributed by atoms with Crippen molar-refractivity contribution in [2.24, 2.45) is 10.9 Å². The third-order valence-corrected chi connectivity index (χ3v) is 5.49. The van der Waals surface area contributed by atoms with Crippen molar-refractivity contribution in [2.75, 3.05) is 46.9 Å². The topological polar surface area (TPSA) is 40.1 Å². The van der Waals surface area contributed by atoms with Crippen molar-refractivity contribution < 1.29 is 4.74 Å². The van der Waals surface area contributed by atoms with Gasteiger partial charge in [0, 0.05) is 19.1 Å². The van der Waals surface area contributed by atoms with Gasteiger partial charge in [-0.2, -0.15) is 0 Å². The molecule has 27 heavy (non-hydrogen) atoms. The van der Waals surface area contributed by atoms with Crippen LogP contribution in [0.2, 0.25) is 0 Å². The second-order valence-electron chi connectivity index (χ2n) is 7.73. The maximum Gasteiger partial charge on any atom is 0.194 e. The van der Waals surface area contributed by atoms with Crippen LogP contribution in [-0.2, 0) is 4.74 Å². The van der Waals surface area contributed by atoms with Gasteiger partial charge in [0.15, 0.2) is 5.96 Å². The summed E-state index contributed by atoms with van der Waals surface area (Å²) in [7, 11) is 4.35. The summed E-state index contributed by atoms with van der Waals surface area (Å²) in [5, 5.41) is 3.49. The van der Waals surface area contributed by atoms with Gasteiger partial charge in [0.2, 0.25) is 0 Å². The molecule has 2 aliphatic rings. The van der Waals surface area contributed by atoms with Crippen molar-refractivity contribution in [2.45, 2.75) is 38.8 Å². The smallest absolute Gasteiger partial charge is 0.194 e. The van der Waals surface area contributed by atoms with E-state index >= 15 is 0 Å². The number of nitrogens with one attached hydrogen (secondary N) is 1. The van der Waals surface area contributed by atoms with Gasteiger partial charge in [-0.1, -0.05) is 24.3 Å². The molecule has 0 spiro atoms. The molecule has 1 aliphatic carbocycles. The van der Waals surface area contributed by atoms with Gasteiger partial charge in [-0.25, -0.2) is 0 Å².